The molecule has 1 nitrogen and oxygen atoms in total. The monoisotopic (exact) mass is 249 g/mol. The van der Waals surface area contributed by atoms with Gasteiger partial charge < -0.3 is 5.73 Å². The molecule has 1 saturated carbocycles. The summed E-state index contributed by atoms with van der Waals surface area (Å²) in [5, 5.41) is 0. The van der Waals surface area contributed by atoms with E-state index in [9.17, 15) is 4.39 Å². The molecule has 1 aliphatic rings. The van der Waals surface area contributed by atoms with Gasteiger partial charge in [-0.1, -0.05) is 26.0 Å². The highest BCUT2D eigenvalue weighted by Crippen LogP contribution is 2.34. The van der Waals surface area contributed by atoms with E-state index in [2.05, 4.69) is 13.8 Å². The molecule has 2 rings (SSSR count). The summed E-state index contributed by atoms with van der Waals surface area (Å²) in [6, 6.07) is 6.96. The number of nitrogens with two attached hydrogens (primary N) is 1. The first-order valence-electron chi connectivity index (χ1n) is 7.04. The fourth-order valence-corrected chi connectivity index (χ4v) is 3.42. The van der Waals surface area contributed by atoms with Crippen LogP contribution in [0.15, 0.2) is 24.3 Å². The van der Waals surface area contributed by atoms with E-state index in [1.54, 1.807) is 0 Å². The normalized spacial score (nSPS) is 30.1. The van der Waals surface area contributed by atoms with Crippen LogP contribution in [-0.4, -0.2) is 6.04 Å². The number of hydrogen-bond donors (Lipinski definition) is 1. The van der Waals surface area contributed by atoms with Gasteiger partial charge in [0.25, 0.3) is 0 Å². The maximum absolute atomic E-state index is 12.8. The van der Waals surface area contributed by atoms with Crippen molar-refractivity contribution in [3.8, 4) is 0 Å². The predicted molar refractivity (Wildman–Crippen MR) is 73.7 cm³/mol. The van der Waals surface area contributed by atoms with Crippen molar-refractivity contribution in [2.45, 2.75) is 45.6 Å². The number of halogens is 1. The molecular formula is C16H24FN. The van der Waals surface area contributed by atoms with Crippen LogP contribution in [0, 0.1) is 23.6 Å². The van der Waals surface area contributed by atoms with Crippen molar-refractivity contribution in [3.05, 3.63) is 35.6 Å². The predicted octanol–water partition coefficient (Wildman–Crippen LogP) is 3.77. The molecule has 0 heterocycles. The van der Waals surface area contributed by atoms with E-state index in [0.717, 1.165) is 23.8 Å². The van der Waals surface area contributed by atoms with E-state index in [4.69, 9.17) is 5.73 Å². The van der Waals surface area contributed by atoms with Crippen LogP contribution in [0.2, 0.25) is 0 Å². The Labute approximate surface area is 110 Å². The lowest BCUT2D eigenvalue weighted by atomic mass is 9.73. The molecule has 3 atom stereocenters. The molecule has 0 saturated heterocycles. The standard InChI is InChI=1S/C16H24FN/c1-11-7-12(2)9-14(8-11)16(18)10-13-3-5-15(17)6-4-13/h3-6,11-12,14,16H,7-10,18H2,1-2H3. The van der Waals surface area contributed by atoms with E-state index in [1.165, 1.54) is 31.4 Å². The molecule has 1 aromatic rings. The third-order valence-corrected chi connectivity index (χ3v) is 4.21. The van der Waals surface area contributed by atoms with Gasteiger partial charge in [0.05, 0.1) is 0 Å². The number of benzene rings is 1. The molecule has 0 aliphatic heterocycles. The molecule has 0 amide bonds. The Balaban J connectivity index is 1.94. The van der Waals surface area contributed by atoms with Crippen LogP contribution in [0.25, 0.3) is 0 Å². The lowest BCUT2D eigenvalue weighted by molar-refractivity contribution is 0.192. The first kappa shape index (κ1) is 13.5. The maximum Gasteiger partial charge on any atom is 0.123 e. The van der Waals surface area contributed by atoms with Crippen LogP contribution >= 0.6 is 0 Å². The molecule has 0 aromatic heterocycles. The van der Waals surface area contributed by atoms with Crippen LogP contribution in [0.1, 0.15) is 38.7 Å². The van der Waals surface area contributed by atoms with Gasteiger partial charge in [-0.25, -0.2) is 4.39 Å². The van der Waals surface area contributed by atoms with Crippen molar-refractivity contribution in [1.82, 2.24) is 0 Å². The van der Waals surface area contributed by atoms with Crippen molar-refractivity contribution in [1.29, 1.82) is 0 Å². The minimum absolute atomic E-state index is 0.174. The highest BCUT2D eigenvalue weighted by Gasteiger charge is 2.28. The Kier molecular flexibility index (Phi) is 4.39. The molecule has 0 radical (unpaired) electrons. The summed E-state index contributed by atoms with van der Waals surface area (Å²) in [4.78, 5) is 0. The Morgan fingerprint density at radius 3 is 2.22 bits per heavy atom. The van der Waals surface area contributed by atoms with Crippen molar-refractivity contribution >= 4 is 0 Å². The minimum Gasteiger partial charge on any atom is -0.327 e. The van der Waals surface area contributed by atoms with E-state index in [1.807, 2.05) is 12.1 Å². The van der Waals surface area contributed by atoms with Gasteiger partial charge in [-0.2, -0.15) is 0 Å². The SMILES string of the molecule is CC1CC(C)CC(C(N)Cc2ccc(F)cc2)C1. The largest absolute Gasteiger partial charge is 0.327 e. The zero-order valence-corrected chi connectivity index (χ0v) is 11.4. The first-order valence-corrected chi connectivity index (χ1v) is 7.04. The summed E-state index contributed by atoms with van der Waals surface area (Å²) in [6.45, 7) is 4.65. The molecule has 1 aromatic carbocycles. The average Bonchev–Trinajstić information content (AvgIpc) is 2.31. The maximum atomic E-state index is 12.8. The Morgan fingerprint density at radius 2 is 1.67 bits per heavy atom. The second kappa shape index (κ2) is 5.83. The Bertz CT molecular complexity index is 363. The Hall–Kier alpha value is -0.890. The van der Waals surface area contributed by atoms with Crippen LogP contribution in [0.5, 0.6) is 0 Å². The fraction of sp³-hybridized carbons (Fsp3) is 0.625. The minimum atomic E-state index is -0.174. The van der Waals surface area contributed by atoms with Gasteiger partial charge in [-0.3, -0.25) is 0 Å². The average molecular weight is 249 g/mol. The molecule has 100 valence electrons. The summed E-state index contributed by atoms with van der Waals surface area (Å²) >= 11 is 0. The quantitative estimate of drug-likeness (QED) is 0.867. The van der Waals surface area contributed by atoms with E-state index in [0.29, 0.717) is 5.92 Å². The molecule has 3 unspecified atom stereocenters. The summed E-state index contributed by atoms with van der Waals surface area (Å²) in [5.41, 5.74) is 7.50. The summed E-state index contributed by atoms with van der Waals surface area (Å²) < 4.78 is 12.8. The van der Waals surface area contributed by atoms with Crippen molar-refractivity contribution in [3.63, 3.8) is 0 Å². The number of hydrogen-bond acceptors (Lipinski definition) is 1. The molecule has 1 aliphatic carbocycles. The van der Waals surface area contributed by atoms with Gasteiger partial charge in [-0.15, -0.1) is 0 Å². The summed E-state index contributed by atoms with van der Waals surface area (Å²) in [7, 11) is 0. The zero-order valence-electron chi connectivity index (χ0n) is 11.4. The van der Waals surface area contributed by atoms with Crippen molar-refractivity contribution in [2.75, 3.05) is 0 Å². The zero-order chi connectivity index (χ0) is 13.1. The van der Waals surface area contributed by atoms with E-state index >= 15 is 0 Å². The van der Waals surface area contributed by atoms with Gasteiger partial charge in [0, 0.05) is 6.04 Å². The van der Waals surface area contributed by atoms with Crippen molar-refractivity contribution in [2.24, 2.45) is 23.5 Å². The van der Waals surface area contributed by atoms with Crippen LogP contribution in [0.4, 0.5) is 4.39 Å². The van der Waals surface area contributed by atoms with Gasteiger partial charge in [0.15, 0.2) is 0 Å². The lowest BCUT2D eigenvalue weighted by Crippen LogP contribution is -2.37. The molecule has 1 fully saturated rings. The topological polar surface area (TPSA) is 26.0 Å². The van der Waals surface area contributed by atoms with Crippen LogP contribution in [-0.2, 0) is 6.42 Å². The fourth-order valence-electron chi connectivity index (χ4n) is 3.42. The van der Waals surface area contributed by atoms with Gasteiger partial charge in [0.2, 0.25) is 0 Å². The molecule has 2 N–H and O–H groups in total. The third-order valence-electron chi connectivity index (χ3n) is 4.21. The second-order valence-corrected chi connectivity index (χ2v) is 6.17. The molecule has 18 heavy (non-hydrogen) atoms. The number of rotatable bonds is 3. The smallest absolute Gasteiger partial charge is 0.123 e. The summed E-state index contributed by atoms with van der Waals surface area (Å²) in [6.07, 6.45) is 4.68. The molecule has 2 heteroatoms. The van der Waals surface area contributed by atoms with Gasteiger partial charge in [-0.05, 0) is 61.1 Å². The van der Waals surface area contributed by atoms with Crippen LogP contribution < -0.4 is 5.73 Å². The first-order chi connectivity index (χ1) is 8.54. The highest BCUT2D eigenvalue weighted by atomic mass is 19.1. The highest BCUT2D eigenvalue weighted by molar-refractivity contribution is 5.17. The Morgan fingerprint density at radius 1 is 1.11 bits per heavy atom. The van der Waals surface area contributed by atoms with Crippen molar-refractivity contribution < 1.29 is 4.39 Å². The second-order valence-electron chi connectivity index (χ2n) is 6.17. The van der Waals surface area contributed by atoms with E-state index in [-0.39, 0.29) is 11.9 Å². The molecule has 0 bridgehead atoms. The molecular weight excluding hydrogens is 225 g/mol. The lowest BCUT2D eigenvalue weighted by Gasteiger charge is -2.35. The summed E-state index contributed by atoms with van der Waals surface area (Å²) in [5.74, 6) is 2.03. The molecule has 0 spiro atoms. The van der Waals surface area contributed by atoms with Crippen LogP contribution in [0.3, 0.4) is 0 Å². The van der Waals surface area contributed by atoms with E-state index < -0.39 is 0 Å². The third kappa shape index (κ3) is 3.55. The van der Waals surface area contributed by atoms with Gasteiger partial charge >= 0.3 is 0 Å². The van der Waals surface area contributed by atoms with Gasteiger partial charge in [0.1, 0.15) is 5.82 Å².